The SMILES string of the molecule is Cc1cc(S(=O)(=O)NC2CCOC2)cc(N)c1C. The molecule has 100 valence electrons. The van der Waals surface area contributed by atoms with Crippen molar-refractivity contribution in [1.29, 1.82) is 0 Å². The van der Waals surface area contributed by atoms with Crippen molar-refractivity contribution in [2.75, 3.05) is 18.9 Å². The van der Waals surface area contributed by atoms with Gasteiger partial charge in [-0.3, -0.25) is 0 Å². The van der Waals surface area contributed by atoms with Crippen LogP contribution in [0.4, 0.5) is 5.69 Å². The Morgan fingerprint density at radius 2 is 2.11 bits per heavy atom. The fraction of sp³-hybridized carbons (Fsp3) is 0.500. The van der Waals surface area contributed by atoms with Crippen LogP contribution >= 0.6 is 0 Å². The smallest absolute Gasteiger partial charge is 0.240 e. The van der Waals surface area contributed by atoms with Crippen molar-refractivity contribution in [2.24, 2.45) is 0 Å². The van der Waals surface area contributed by atoms with E-state index in [1.807, 2.05) is 13.8 Å². The van der Waals surface area contributed by atoms with Gasteiger partial charge in [-0.05, 0) is 43.5 Å². The normalized spacial score (nSPS) is 20.2. The zero-order valence-corrected chi connectivity index (χ0v) is 11.4. The lowest BCUT2D eigenvalue weighted by atomic mass is 10.1. The molecule has 2 rings (SSSR count). The molecule has 1 aromatic rings. The third kappa shape index (κ3) is 2.66. The fourth-order valence-corrected chi connectivity index (χ4v) is 3.30. The molecule has 1 heterocycles. The van der Waals surface area contributed by atoms with E-state index in [-0.39, 0.29) is 10.9 Å². The monoisotopic (exact) mass is 270 g/mol. The van der Waals surface area contributed by atoms with E-state index in [0.717, 1.165) is 11.1 Å². The van der Waals surface area contributed by atoms with Crippen molar-refractivity contribution in [1.82, 2.24) is 4.72 Å². The summed E-state index contributed by atoms with van der Waals surface area (Å²) in [6.07, 6.45) is 0.708. The maximum absolute atomic E-state index is 12.2. The molecule has 0 saturated carbocycles. The lowest BCUT2D eigenvalue weighted by Gasteiger charge is -2.13. The van der Waals surface area contributed by atoms with Gasteiger partial charge in [0.25, 0.3) is 0 Å². The maximum Gasteiger partial charge on any atom is 0.240 e. The molecule has 0 radical (unpaired) electrons. The molecule has 1 fully saturated rings. The van der Waals surface area contributed by atoms with Crippen LogP contribution in [0.2, 0.25) is 0 Å². The van der Waals surface area contributed by atoms with E-state index in [1.165, 1.54) is 6.07 Å². The molecule has 0 aromatic heterocycles. The zero-order valence-electron chi connectivity index (χ0n) is 10.6. The number of sulfonamides is 1. The molecule has 3 N–H and O–H groups in total. The number of rotatable bonds is 3. The molecule has 0 bridgehead atoms. The quantitative estimate of drug-likeness (QED) is 0.801. The summed E-state index contributed by atoms with van der Waals surface area (Å²) in [5.74, 6) is 0. The molecule has 1 saturated heterocycles. The van der Waals surface area contributed by atoms with Crippen molar-refractivity contribution in [2.45, 2.75) is 31.2 Å². The molecule has 1 aromatic carbocycles. The number of nitrogen functional groups attached to an aromatic ring is 1. The van der Waals surface area contributed by atoms with Crippen LogP contribution in [-0.2, 0) is 14.8 Å². The minimum Gasteiger partial charge on any atom is -0.398 e. The average molecular weight is 270 g/mol. The van der Waals surface area contributed by atoms with Crippen molar-refractivity contribution in [3.63, 3.8) is 0 Å². The number of ether oxygens (including phenoxy) is 1. The van der Waals surface area contributed by atoms with Crippen LogP contribution in [0.3, 0.4) is 0 Å². The topological polar surface area (TPSA) is 81.4 Å². The van der Waals surface area contributed by atoms with E-state index in [2.05, 4.69) is 4.72 Å². The Morgan fingerprint density at radius 3 is 2.67 bits per heavy atom. The Bertz CT molecular complexity index is 525. The van der Waals surface area contributed by atoms with Gasteiger partial charge in [0.15, 0.2) is 0 Å². The highest BCUT2D eigenvalue weighted by atomic mass is 32.2. The first kappa shape index (κ1) is 13.3. The van der Waals surface area contributed by atoms with Crippen LogP contribution in [0.15, 0.2) is 17.0 Å². The van der Waals surface area contributed by atoms with Crippen LogP contribution in [0.1, 0.15) is 17.5 Å². The Hall–Kier alpha value is -1.11. The summed E-state index contributed by atoms with van der Waals surface area (Å²) in [4.78, 5) is 0.218. The number of nitrogens with one attached hydrogen (secondary N) is 1. The Balaban J connectivity index is 2.29. The van der Waals surface area contributed by atoms with Crippen LogP contribution in [0.5, 0.6) is 0 Å². The third-order valence-corrected chi connectivity index (χ3v) is 4.74. The van der Waals surface area contributed by atoms with Gasteiger partial charge in [-0.1, -0.05) is 0 Å². The van der Waals surface area contributed by atoms with Gasteiger partial charge in [-0.25, -0.2) is 13.1 Å². The largest absolute Gasteiger partial charge is 0.398 e. The lowest BCUT2D eigenvalue weighted by molar-refractivity contribution is 0.192. The highest BCUT2D eigenvalue weighted by Gasteiger charge is 2.24. The molecule has 18 heavy (non-hydrogen) atoms. The minimum absolute atomic E-state index is 0.141. The molecule has 1 atom stereocenters. The Labute approximate surface area is 107 Å². The number of aryl methyl sites for hydroxylation is 1. The summed E-state index contributed by atoms with van der Waals surface area (Å²) in [6, 6.07) is 3.00. The van der Waals surface area contributed by atoms with E-state index in [9.17, 15) is 8.42 Å². The van der Waals surface area contributed by atoms with Gasteiger partial charge in [-0.15, -0.1) is 0 Å². The second kappa shape index (κ2) is 4.87. The first-order chi connectivity index (χ1) is 8.40. The molecule has 1 aliphatic rings. The molecule has 0 amide bonds. The molecular formula is C12H18N2O3S. The molecule has 6 heteroatoms. The van der Waals surface area contributed by atoms with Gasteiger partial charge >= 0.3 is 0 Å². The van der Waals surface area contributed by atoms with Gasteiger partial charge < -0.3 is 10.5 Å². The number of hydrogen-bond donors (Lipinski definition) is 2. The fourth-order valence-electron chi connectivity index (χ4n) is 1.92. The number of benzene rings is 1. The van der Waals surface area contributed by atoms with E-state index in [0.29, 0.717) is 25.3 Å². The summed E-state index contributed by atoms with van der Waals surface area (Å²) in [5, 5.41) is 0. The van der Waals surface area contributed by atoms with Gasteiger partial charge in [0.2, 0.25) is 10.0 Å². The highest BCUT2D eigenvalue weighted by Crippen LogP contribution is 2.22. The third-order valence-electron chi connectivity index (χ3n) is 3.24. The summed E-state index contributed by atoms with van der Waals surface area (Å²) >= 11 is 0. The first-order valence-electron chi connectivity index (χ1n) is 5.87. The van der Waals surface area contributed by atoms with Gasteiger partial charge in [0.05, 0.1) is 11.5 Å². The number of nitrogens with two attached hydrogens (primary N) is 1. The summed E-state index contributed by atoms with van der Waals surface area (Å²) in [6.45, 7) is 4.75. The van der Waals surface area contributed by atoms with Gasteiger partial charge in [0.1, 0.15) is 0 Å². The molecular weight excluding hydrogens is 252 g/mol. The van der Waals surface area contributed by atoms with E-state index >= 15 is 0 Å². The van der Waals surface area contributed by atoms with Gasteiger partial charge in [-0.2, -0.15) is 0 Å². The van der Waals surface area contributed by atoms with Crippen molar-refractivity contribution < 1.29 is 13.2 Å². The molecule has 1 unspecified atom stereocenters. The van der Waals surface area contributed by atoms with Crippen LogP contribution in [0, 0.1) is 13.8 Å². The van der Waals surface area contributed by atoms with Crippen molar-refractivity contribution in [3.05, 3.63) is 23.3 Å². The van der Waals surface area contributed by atoms with E-state index in [1.54, 1.807) is 6.07 Å². The van der Waals surface area contributed by atoms with Gasteiger partial charge in [0, 0.05) is 18.3 Å². The minimum atomic E-state index is -3.52. The predicted octanol–water partition coefficient (Wildman–Crippen LogP) is 0.953. The highest BCUT2D eigenvalue weighted by molar-refractivity contribution is 7.89. The number of hydrogen-bond acceptors (Lipinski definition) is 4. The Kier molecular flexibility index (Phi) is 3.61. The number of anilines is 1. The lowest BCUT2D eigenvalue weighted by Crippen LogP contribution is -2.35. The standard InChI is InChI=1S/C12H18N2O3S/c1-8-5-11(6-12(13)9(8)2)18(15,16)14-10-3-4-17-7-10/h5-6,10,14H,3-4,7,13H2,1-2H3. The summed E-state index contributed by atoms with van der Waals surface area (Å²) in [5.41, 5.74) is 8.10. The second-order valence-corrected chi connectivity index (χ2v) is 6.35. The zero-order chi connectivity index (χ0) is 13.3. The van der Waals surface area contributed by atoms with Crippen LogP contribution < -0.4 is 10.5 Å². The van der Waals surface area contributed by atoms with Crippen LogP contribution in [-0.4, -0.2) is 27.7 Å². The average Bonchev–Trinajstić information content (AvgIpc) is 2.77. The van der Waals surface area contributed by atoms with Crippen molar-refractivity contribution >= 4 is 15.7 Å². The molecule has 0 aliphatic carbocycles. The Morgan fingerprint density at radius 1 is 1.39 bits per heavy atom. The molecule has 5 nitrogen and oxygen atoms in total. The second-order valence-electron chi connectivity index (χ2n) is 4.64. The maximum atomic E-state index is 12.2. The first-order valence-corrected chi connectivity index (χ1v) is 7.35. The van der Waals surface area contributed by atoms with Crippen LogP contribution in [0.25, 0.3) is 0 Å². The van der Waals surface area contributed by atoms with E-state index < -0.39 is 10.0 Å². The molecule has 0 spiro atoms. The van der Waals surface area contributed by atoms with E-state index in [4.69, 9.17) is 10.5 Å². The summed E-state index contributed by atoms with van der Waals surface area (Å²) < 4.78 is 32.2. The summed E-state index contributed by atoms with van der Waals surface area (Å²) in [7, 11) is -3.52. The van der Waals surface area contributed by atoms with Crippen molar-refractivity contribution in [3.8, 4) is 0 Å². The predicted molar refractivity (Wildman–Crippen MR) is 69.9 cm³/mol. The molecule has 1 aliphatic heterocycles.